The van der Waals surface area contributed by atoms with Crippen LogP contribution in [0, 0.1) is 6.92 Å². The number of para-hydroxylation sites is 1. The molecule has 3 rings (SSSR count). The highest BCUT2D eigenvalue weighted by Gasteiger charge is 2.15. The summed E-state index contributed by atoms with van der Waals surface area (Å²) in [4.78, 5) is 24.0. The molecule has 0 radical (unpaired) electrons. The van der Waals surface area contributed by atoms with E-state index in [1.807, 2.05) is 25.1 Å². The molecule has 0 aliphatic rings. The second kappa shape index (κ2) is 10.7. The molecular formula is C22H26N6O3S. The van der Waals surface area contributed by atoms with Crippen molar-refractivity contribution in [3.63, 3.8) is 0 Å². The van der Waals surface area contributed by atoms with Crippen LogP contribution in [0.15, 0.2) is 53.7 Å². The van der Waals surface area contributed by atoms with Crippen LogP contribution in [0.4, 0.5) is 10.5 Å². The Bertz CT molecular complexity index is 1080. The number of anilines is 1. The molecule has 1 aromatic heterocycles. The lowest BCUT2D eigenvalue weighted by Gasteiger charge is -2.14. The molecule has 1 heterocycles. The van der Waals surface area contributed by atoms with Crippen LogP contribution in [0.1, 0.15) is 36.7 Å². The van der Waals surface area contributed by atoms with E-state index in [1.54, 1.807) is 24.3 Å². The van der Waals surface area contributed by atoms with Crippen LogP contribution in [-0.2, 0) is 11.4 Å². The zero-order valence-corrected chi connectivity index (χ0v) is 19.0. The Labute approximate surface area is 190 Å². The van der Waals surface area contributed by atoms with Gasteiger partial charge in [0.1, 0.15) is 12.4 Å². The lowest BCUT2D eigenvalue weighted by molar-refractivity contribution is -0.117. The Morgan fingerprint density at radius 1 is 1.16 bits per heavy atom. The Balaban J connectivity index is 1.52. The van der Waals surface area contributed by atoms with Crippen molar-refractivity contribution >= 4 is 29.4 Å². The second-order valence-corrected chi connectivity index (χ2v) is 8.35. The van der Waals surface area contributed by atoms with Gasteiger partial charge in [0, 0.05) is 5.69 Å². The fraction of sp³-hybridized carbons (Fsp3) is 0.273. The quantitative estimate of drug-likeness (QED) is 0.352. The fourth-order valence-electron chi connectivity index (χ4n) is 2.87. The number of rotatable bonds is 8. The monoisotopic (exact) mass is 454 g/mol. The number of aromatic nitrogens is 3. The van der Waals surface area contributed by atoms with Gasteiger partial charge in [-0.15, -0.1) is 10.2 Å². The molecule has 0 saturated heterocycles. The molecule has 0 bridgehead atoms. The first-order chi connectivity index (χ1) is 15.3. The van der Waals surface area contributed by atoms with E-state index in [0.29, 0.717) is 22.6 Å². The summed E-state index contributed by atoms with van der Waals surface area (Å²) in [6, 6.07) is 14.3. The lowest BCUT2D eigenvalue weighted by atomic mass is 10.0. The van der Waals surface area contributed by atoms with Gasteiger partial charge >= 0.3 is 6.03 Å². The van der Waals surface area contributed by atoms with Crippen molar-refractivity contribution in [2.45, 2.75) is 38.5 Å². The molecule has 168 valence electrons. The molecule has 4 N–H and O–H groups in total. The van der Waals surface area contributed by atoms with Crippen LogP contribution in [0.3, 0.4) is 0 Å². The zero-order chi connectivity index (χ0) is 23.1. The van der Waals surface area contributed by atoms with Crippen LogP contribution in [0.2, 0.25) is 0 Å². The Morgan fingerprint density at radius 2 is 1.91 bits per heavy atom. The molecule has 0 aliphatic heterocycles. The standard InChI is InChI=1S/C22H26N6O3S/c1-14(2)17-10-9-15(3)11-18(17)31-12-19-26-27-22(28(19)23)32-13-20(29)25-21(30)24-16-7-5-4-6-8-16/h4-11,14H,12-13,23H2,1-3H3,(H2,24,25,29,30). The van der Waals surface area contributed by atoms with Crippen LogP contribution in [0.25, 0.3) is 0 Å². The van der Waals surface area contributed by atoms with Gasteiger partial charge in [0.15, 0.2) is 5.82 Å². The summed E-state index contributed by atoms with van der Waals surface area (Å²) in [7, 11) is 0. The summed E-state index contributed by atoms with van der Waals surface area (Å²) in [6.45, 7) is 6.34. The maximum absolute atomic E-state index is 12.1. The molecule has 2 aromatic carbocycles. The number of aryl methyl sites for hydroxylation is 1. The van der Waals surface area contributed by atoms with Crippen molar-refractivity contribution in [2.24, 2.45) is 0 Å². The predicted molar refractivity (Wildman–Crippen MR) is 124 cm³/mol. The molecule has 9 nitrogen and oxygen atoms in total. The van der Waals surface area contributed by atoms with Gasteiger partial charge in [0.25, 0.3) is 0 Å². The SMILES string of the molecule is Cc1ccc(C(C)C)c(OCc2nnc(SCC(=O)NC(=O)Nc3ccccc3)n2N)c1. The average molecular weight is 455 g/mol. The number of hydrogen-bond acceptors (Lipinski definition) is 7. The van der Waals surface area contributed by atoms with Gasteiger partial charge < -0.3 is 15.9 Å². The molecule has 32 heavy (non-hydrogen) atoms. The minimum atomic E-state index is -0.607. The number of carbonyl (C=O) groups is 2. The number of carbonyl (C=O) groups excluding carboxylic acids is 2. The normalized spacial score (nSPS) is 10.8. The molecule has 3 amide bonds. The number of benzene rings is 2. The number of nitrogens with zero attached hydrogens (tertiary/aromatic N) is 3. The van der Waals surface area contributed by atoms with E-state index in [2.05, 4.69) is 40.7 Å². The summed E-state index contributed by atoms with van der Waals surface area (Å²) in [6.07, 6.45) is 0. The molecule has 0 spiro atoms. The van der Waals surface area contributed by atoms with Gasteiger partial charge in [-0.3, -0.25) is 10.1 Å². The molecule has 10 heteroatoms. The number of nitrogens with two attached hydrogens (primary N) is 1. The average Bonchev–Trinajstić information content (AvgIpc) is 3.10. The summed E-state index contributed by atoms with van der Waals surface area (Å²) in [5, 5.41) is 13.3. The number of hydrogen-bond donors (Lipinski definition) is 3. The van der Waals surface area contributed by atoms with E-state index in [4.69, 9.17) is 10.6 Å². The van der Waals surface area contributed by atoms with Crippen LogP contribution < -0.4 is 21.2 Å². The first-order valence-electron chi connectivity index (χ1n) is 10.0. The Kier molecular flexibility index (Phi) is 7.72. The van der Waals surface area contributed by atoms with Gasteiger partial charge in [0.2, 0.25) is 11.1 Å². The number of amides is 3. The summed E-state index contributed by atoms with van der Waals surface area (Å²) >= 11 is 1.07. The van der Waals surface area contributed by atoms with Crippen molar-refractivity contribution in [1.82, 2.24) is 20.2 Å². The van der Waals surface area contributed by atoms with E-state index in [0.717, 1.165) is 28.6 Å². The number of thioether (sulfide) groups is 1. The largest absolute Gasteiger partial charge is 0.485 e. The number of imide groups is 1. The van der Waals surface area contributed by atoms with E-state index >= 15 is 0 Å². The van der Waals surface area contributed by atoms with Gasteiger partial charge in [-0.05, 0) is 42.2 Å². The summed E-state index contributed by atoms with van der Waals surface area (Å²) < 4.78 is 7.23. The van der Waals surface area contributed by atoms with Gasteiger partial charge in [-0.25, -0.2) is 9.47 Å². The van der Waals surface area contributed by atoms with E-state index < -0.39 is 11.9 Å². The number of nitrogen functional groups attached to an aromatic ring is 1. The minimum Gasteiger partial charge on any atom is -0.485 e. The first kappa shape index (κ1) is 23.1. The molecule has 0 unspecified atom stereocenters. The summed E-state index contributed by atoms with van der Waals surface area (Å²) in [5.74, 6) is 7.05. The van der Waals surface area contributed by atoms with Crippen molar-refractivity contribution in [3.05, 3.63) is 65.5 Å². The third-order valence-electron chi connectivity index (χ3n) is 4.50. The highest BCUT2D eigenvalue weighted by atomic mass is 32.2. The van der Waals surface area contributed by atoms with Crippen molar-refractivity contribution in [1.29, 1.82) is 0 Å². The molecule has 3 aromatic rings. The minimum absolute atomic E-state index is 0.0478. The number of ether oxygens (including phenoxy) is 1. The van der Waals surface area contributed by atoms with E-state index in [-0.39, 0.29) is 12.4 Å². The Hall–Kier alpha value is -3.53. The number of urea groups is 1. The third kappa shape index (κ3) is 6.24. The maximum Gasteiger partial charge on any atom is 0.325 e. The zero-order valence-electron chi connectivity index (χ0n) is 18.2. The van der Waals surface area contributed by atoms with Gasteiger partial charge in [-0.1, -0.05) is 55.9 Å². The number of nitrogens with one attached hydrogen (secondary N) is 2. The highest BCUT2D eigenvalue weighted by Crippen LogP contribution is 2.28. The Morgan fingerprint density at radius 3 is 2.62 bits per heavy atom. The smallest absolute Gasteiger partial charge is 0.325 e. The van der Waals surface area contributed by atoms with E-state index in [9.17, 15) is 9.59 Å². The molecule has 0 aliphatic carbocycles. The van der Waals surface area contributed by atoms with Crippen LogP contribution >= 0.6 is 11.8 Å². The summed E-state index contributed by atoms with van der Waals surface area (Å²) in [5.41, 5.74) is 2.78. The van der Waals surface area contributed by atoms with Gasteiger partial charge in [-0.2, -0.15) is 0 Å². The molecule has 0 atom stereocenters. The first-order valence-corrected chi connectivity index (χ1v) is 11.0. The fourth-order valence-corrected chi connectivity index (χ4v) is 3.54. The molecular weight excluding hydrogens is 428 g/mol. The maximum atomic E-state index is 12.1. The van der Waals surface area contributed by atoms with E-state index in [1.165, 1.54) is 4.68 Å². The molecule has 0 saturated carbocycles. The second-order valence-electron chi connectivity index (χ2n) is 7.41. The highest BCUT2D eigenvalue weighted by molar-refractivity contribution is 7.99. The van der Waals surface area contributed by atoms with Crippen molar-refractivity contribution in [2.75, 3.05) is 16.9 Å². The third-order valence-corrected chi connectivity index (χ3v) is 5.44. The predicted octanol–water partition coefficient (Wildman–Crippen LogP) is 3.44. The topological polar surface area (TPSA) is 124 Å². The van der Waals surface area contributed by atoms with Crippen molar-refractivity contribution in [3.8, 4) is 5.75 Å². The van der Waals surface area contributed by atoms with Crippen molar-refractivity contribution < 1.29 is 14.3 Å². The van der Waals surface area contributed by atoms with Crippen LogP contribution in [-0.4, -0.2) is 32.6 Å². The van der Waals surface area contributed by atoms with Crippen LogP contribution in [0.5, 0.6) is 5.75 Å². The lowest BCUT2D eigenvalue weighted by Crippen LogP contribution is -2.35. The van der Waals surface area contributed by atoms with Gasteiger partial charge in [0.05, 0.1) is 5.75 Å². The molecule has 0 fully saturated rings.